The van der Waals surface area contributed by atoms with Crippen LogP contribution >= 0.6 is 48.2 Å². The van der Waals surface area contributed by atoms with E-state index in [1.165, 1.54) is 0 Å². The van der Waals surface area contributed by atoms with Crippen LogP contribution in [0, 0.1) is 5.92 Å². The summed E-state index contributed by atoms with van der Waals surface area (Å²) in [5.74, 6) is 0.587. The second-order valence-electron chi connectivity index (χ2n) is 5.85. The van der Waals surface area contributed by atoms with E-state index in [0.717, 1.165) is 54.6 Å². The molecule has 29 heavy (non-hydrogen) atoms. The van der Waals surface area contributed by atoms with Gasteiger partial charge in [0.15, 0.2) is 12.4 Å². The normalized spacial score (nSPS) is 28.4. The van der Waals surface area contributed by atoms with E-state index in [1.54, 1.807) is 0 Å². The van der Waals surface area contributed by atoms with Crippen LogP contribution in [-0.2, 0) is 31.4 Å². The summed E-state index contributed by atoms with van der Waals surface area (Å²) < 4.78 is 34.2. The molecule has 1 aliphatic rings. The van der Waals surface area contributed by atoms with Crippen molar-refractivity contribution >= 4 is 71.7 Å². The van der Waals surface area contributed by atoms with Gasteiger partial charge in [0, 0.05) is 12.0 Å². The summed E-state index contributed by atoms with van der Waals surface area (Å²) in [6.45, 7) is 4.64. The third-order valence-corrected chi connectivity index (χ3v) is 5.99. The zero-order valence-corrected chi connectivity index (χ0v) is 19.6. The molecule has 1 saturated heterocycles. The maximum atomic E-state index is 8.40. The molecule has 0 aromatic carbocycles. The van der Waals surface area contributed by atoms with Gasteiger partial charge < -0.3 is 22.0 Å². The minimum Gasteiger partial charge on any atom is -0.350 e. The van der Waals surface area contributed by atoms with Gasteiger partial charge in [0.25, 0.3) is 0 Å². The lowest BCUT2D eigenvalue weighted by atomic mass is 10.00. The molecular formula is C14H25B3O8S4. The summed E-state index contributed by atoms with van der Waals surface area (Å²) in [4.78, 5) is 0. The van der Waals surface area contributed by atoms with Crippen molar-refractivity contribution in [1.82, 2.24) is 0 Å². The third kappa shape index (κ3) is 10.6. The summed E-state index contributed by atoms with van der Waals surface area (Å²) in [5, 5.41) is 12.0. The van der Waals surface area contributed by atoms with Crippen LogP contribution in [0.25, 0.3) is 0 Å². The molecule has 6 radical (unpaired) electrons. The van der Waals surface area contributed by atoms with Gasteiger partial charge in [0.1, 0.15) is 18.3 Å². The smallest absolute Gasteiger partial charge is 0.188 e. The van der Waals surface area contributed by atoms with Crippen LogP contribution in [0.15, 0.2) is 0 Å². The molecule has 8 nitrogen and oxygen atoms in total. The Bertz CT molecular complexity index is 410. The Morgan fingerprint density at radius 2 is 1.52 bits per heavy atom. The molecule has 1 fully saturated rings. The second-order valence-corrected chi connectivity index (χ2v) is 8.84. The topological polar surface area (TPSA) is 84.8 Å². The van der Waals surface area contributed by atoms with Crippen molar-refractivity contribution in [3.05, 3.63) is 0 Å². The minimum absolute atomic E-state index is 0.236. The van der Waals surface area contributed by atoms with Gasteiger partial charge in [-0.05, 0) is 59.0 Å². The first-order valence-corrected chi connectivity index (χ1v) is 12.6. The van der Waals surface area contributed by atoms with E-state index in [1.807, 2.05) is 0 Å². The Hall–Kier alpha value is 1.27. The van der Waals surface area contributed by atoms with Crippen LogP contribution in [0.5, 0.6) is 0 Å². The van der Waals surface area contributed by atoms with Crippen molar-refractivity contribution in [3.63, 3.8) is 0 Å². The number of hydrogen-bond acceptors (Lipinski definition) is 12. The molecule has 162 valence electrons. The molecule has 1 N–H and O–H groups in total. The Kier molecular flexibility index (Phi) is 17.4. The zero-order valence-electron chi connectivity index (χ0n) is 16.4. The summed E-state index contributed by atoms with van der Waals surface area (Å²) in [5.41, 5.74) is 0.722. The standard InChI is InChI=1S/C14H25B3O8S4/c1-3-9(2)4-19-14-13(23-29-8-17)12(22-28-7-16)11(21-27-6-15)10(20-14)5-26-25-24-18/h9-14,18H,3-8H2,1-2H3. The maximum Gasteiger partial charge on any atom is 0.188 e. The first-order valence-electron chi connectivity index (χ1n) is 8.94. The van der Waals surface area contributed by atoms with Gasteiger partial charge in [-0.15, -0.1) is 4.33 Å². The molecule has 1 rings (SSSR count). The van der Waals surface area contributed by atoms with Crippen molar-refractivity contribution < 1.29 is 36.7 Å². The van der Waals surface area contributed by atoms with Gasteiger partial charge in [-0.2, -0.15) is 0 Å². The molecule has 0 spiro atoms. The van der Waals surface area contributed by atoms with E-state index in [2.05, 4.69) is 23.2 Å². The molecule has 0 amide bonds. The molecule has 0 aromatic rings. The highest BCUT2D eigenvalue weighted by Crippen LogP contribution is 2.35. The highest BCUT2D eigenvalue weighted by molar-refractivity contribution is 7.96. The van der Waals surface area contributed by atoms with E-state index in [4.69, 9.17) is 50.8 Å². The van der Waals surface area contributed by atoms with Crippen LogP contribution in [0.4, 0.5) is 0 Å². The van der Waals surface area contributed by atoms with E-state index >= 15 is 0 Å². The third-order valence-electron chi connectivity index (χ3n) is 3.89. The monoisotopic (exact) mass is 482 g/mol. The molecular weight excluding hydrogens is 457 g/mol. The van der Waals surface area contributed by atoms with E-state index in [9.17, 15) is 0 Å². The number of rotatable bonds is 17. The lowest BCUT2D eigenvalue weighted by Gasteiger charge is -2.44. The van der Waals surface area contributed by atoms with Crippen molar-refractivity contribution in [2.45, 2.75) is 51.0 Å². The van der Waals surface area contributed by atoms with Gasteiger partial charge in [-0.3, -0.25) is 0 Å². The van der Waals surface area contributed by atoms with Gasteiger partial charge in [-0.1, -0.05) is 25.3 Å². The van der Waals surface area contributed by atoms with Crippen LogP contribution in [0.1, 0.15) is 20.3 Å². The van der Waals surface area contributed by atoms with Gasteiger partial charge >= 0.3 is 0 Å². The SMILES string of the molecule is [B]CSOC1C(CSOOO)OC(OCC(C)CC)C(OSC[B])C1OSC[B]. The molecule has 1 heterocycles. The summed E-state index contributed by atoms with van der Waals surface area (Å²) >= 11 is 4.05. The first-order chi connectivity index (χ1) is 14.1. The van der Waals surface area contributed by atoms with Gasteiger partial charge in [0.2, 0.25) is 0 Å². The predicted molar refractivity (Wildman–Crippen MR) is 121 cm³/mol. The fourth-order valence-corrected chi connectivity index (χ4v) is 4.18. The molecule has 0 bridgehead atoms. The van der Waals surface area contributed by atoms with E-state index < -0.39 is 30.7 Å². The van der Waals surface area contributed by atoms with Crippen molar-refractivity contribution in [1.29, 1.82) is 0 Å². The molecule has 6 atom stereocenters. The Morgan fingerprint density at radius 3 is 2.07 bits per heavy atom. The fourth-order valence-electron chi connectivity index (χ4n) is 2.32. The van der Waals surface area contributed by atoms with Crippen LogP contribution in [0.2, 0.25) is 0 Å². The van der Waals surface area contributed by atoms with Gasteiger partial charge in [0.05, 0.1) is 35.9 Å². The molecule has 1 aliphatic heterocycles. The lowest BCUT2D eigenvalue weighted by molar-refractivity contribution is -0.432. The molecule has 0 aromatic heterocycles. The number of ether oxygens (including phenoxy) is 2. The average Bonchev–Trinajstić information content (AvgIpc) is 2.74. The van der Waals surface area contributed by atoms with Crippen LogP contribution in [-0.4, -0.2) is 88.8 Å². The quantitative estimate of drug-likeness (QED) is 0.109. The molecule has 0 aliphatic carbocycles. The zero-order chi connectivity index (χ0) is 21.5. The largest absolute Gasteiger partial charge is 0.350 e. The van der Waals surface area contributed by atoms with Crippen molar-refractivity contribution in [2.75, 3.05) is 29.3 Å². The van der Waals surface area contributed by atoms with Gasteiger partial charge in [-0.25, -0.2) is 5.26 Å². The highest BCUT2D eigenvalue weighted by Gasteiger charge is 2.50. The fraction of sp³-hybridized carbons (Fsp3) is 1.00. The first kappa shape index (κ1) is 28.3. The molecule has 15 heteroatoms. The van der Waals surface area contributed by atoms with Crippen LogP contribution in [0.3, 0.4) is 0 Å². The van der Waals surface area contributed by atoms with Crippen LogP contribution < -0.4 is 0 Å². The summed E-state index contributed by atoms with van der Waals surface area (Å²) in [7, 11) is 16.7. The Labute approximate surface area is 194 Å². The number of hydrogen-bond donors (Lipinski definition) is 1. The Morgan fingerprint density at radius 1 is 0.931 bits per heavy atom. The molecule has 0 saturated carbocycles. The van der Waals surface area contributed by atoms with Crippen molar-refractivity contribution in [3.8, 4) is 0 Å². The van der Waals surface area contributed by atoms with Crippen molar-refractivity contribution in [2.24, 2.45) is 5.92 Å². The Balaban J connectivity index is 3.03. The summed E-state index contributed by atoms with van der Waals surface area (Å²) in [6, 6.07) is 0. The lowest BCUT2D eigenvalue weighted by Crippen LogP contribution is -2.60. The second kappa shape index (κ2) is 17.8. The predicted octanol–water partition coefficient (Wildman–Crippen LogP) is 2.32. The highest BCUT2D eigenvalue weighted by atomic mass is 32.2. The maximum absolute atomic E-state index is 8.40. The van der Waals surface area contributed by atoms with E-state index in [0.29, 0.717) is 12.5 Å². The average molecular weight is 482 g/mol. The summed E-state index contributed by atoms with van der Waals surface area (Å²) in [6.07, 6.45) is -2.15. The molecule has 6 unspecified atom stereocenters. The minimum atomic E-state index is -0.741. The van der Waals surface area contributed by atoms with E-state index in [-0.39, 0.29) is 22.7 Å².